The third-order valence-corrected chi connectivity index (χ3v) is 7.45. The molecule has 2 heterocycles. The molecule has 0 fully saturated rings. The molecule has 0 radical (unpaired) electrons. The molecule has 7 aromatic rings. The molecule has 0 bridgehead atoms. The molecule has 37 heavy (non-hydrogen) atoms. The van der Waals surface area contributed by atoms with Crippen molar-refractivity contribution in [2.45, 2.75) is 0 Å². The molecule has 0 aliphatic rings. The summed E-state index contributed by atoms with van der Waals surface area (Å²) in [5, 5.41) is 3.19. The second-order valence-electron chi connectivity index (χ2n) is 8.74. The Balaban J connectivity index is 1.44. The van der Waals surface area contributed by atoms with Crippen molar-refractivity contribution in [2.75, 3.05) is 0 Å². The highest BCUT2D eigenvalue weighted by atomic mass is 32.1. The van der Waals surface area contributed by atoms with Crippen LogP contribution in [0.4, 0.5) is 0 Å². The van der Waals surface area contributed by atoms with Crippen LogP contribution in [0.15, 0.2) is 121 Å². The first kappa shape index (κ1) is 21.5. The van der Waals surface area contributed by atoms with Crippen LogP contribution in [0, 0.1) is 0 Å². The molecule has 5 heteroatoms. The van der Waals surface area contributed by atoms with Gasteiger partial charge in [-0.1, -0.05) is 115 Å². The molecule has 7 rings (SSSR count). The highest BCUT2D eigenvalue weighted by molar-refractivity contribution is 7.21. The van der Waals surface area contributed by atoms with Gasteiger partial charge in [0.25, 0.3) is 0 Å². The van der Waals surface area contributed by atoms with Gasteiger partial charge in [0, 0.05) is 27.6 Å². The number of hydrogen-bond acceptors (Lipinski definition) is 5. The zero-order valence-corrected chi connectivity index (χ0v) is 20.6. The van der Waals surface area contributed by atoms with Crippen molar-refractivity contribution in [3.63, 3.8) is 0 Å². The Morgan fingerprint density at radius 1 is 0.405 bits per heavy atom. The number of hydrogen-bond donors (Lipinski definition) is 0. The van der Waals surface area contributed by atoms with Gasteiger partial charge in [0.15, 0.2) is 17.5 Å². The molecule has 2 aromatic heterocycles. The highest BCUT2D eigenvalue weighted by Gasteiger charge is 2.16. The summed E-state index contributed by atoms with van der Waals surface area (Å²) >= 11 is 1.71. The lowest BCUT2D eigenvalue weighted by molar-refractivity contribution is 1.08. The SMILES string of the molecule is c1ccc(-c2nc(-c3ccccc3)nc(-c3cccc4c3ccc3sc(-c5ccccc5)nc34)n2)cc1. The van der Waals surface area contributed by atoms with Gasteiger partial charge in [-0.2, -0.15) is 0 Å². The molecule has 0 atom stereocenters. The number of thiazole rings is 1. The first-order valence-corrected chi connectivity index (χ1v) is 12.9. The van der Waals surface area contributed by atoms with E-state index in [2.05, 4.69) is 42.5 Å². The summed E-state index contributed by atoms with van der Waals surface area (Å²) in [6.45, 7) is 0. The fourth-order valence-electron chi connectivity index (χ4n) is 4.58. The van der Waals surface area contributed by atoms with Gasteiger partial charge < -0.3 is 0 Å². The van der Waals surface area contributed by atoms with Crippen LogP contribution in [-0.2, 0) is 0 Å². The summed E-state index contributed by atoms with van der Waals surface area (Å²) in [5.74, 6) is 1.96. The zero-order chi connectivity index (χ0) is 24.6. The van der Waals surface area contributed by atoms with Gasteiger partial charge >= 0.3 is 0 Å². The Morgan fingerprint density at radius 3 is 1.59 bits per heavy atom. The molecular weight excluding hydrogens is 472 g/mol. The molecule has 0 amide bonds. The Kier molecular flexibility index (Phi) is 5.26. The lowest BCUT2D eigenvalue weighted by atomic mass is 10.0. The molecule has 0 N–H and O–H groups in total. The van der Waals surface area contributed by atoms with E-state index in [1.54, 1.807) is 11.3 Å². The summed E-state index contributed by atoms with van der Waals surface area (Å²) in [6.07, 6.45) is 0. The molecule has 0 aliphatic carbocycles. The van der Waals surface area contributed by atoms with E-state index in [-0.39, 0.29) is 0 Å². The van der Waals surface area contributed by atoms with Gasteiger partial charge in [0.05, 0.1) is 10.2 Å². The molecule has 5 aromatic carbocycles. The molecule has 0 spiro atoms. The molecule has 174 valence electrons. The number of rotatable bonds is 4. The van der Waals surface area contributed by atoms with E-state index in [1.807, 2.05) is 78.9 Å². The van der Waals surface area contributed by atoms with Crippen LogP contribution in [-0.4, -0.2) is 19.9 Å². The lowest BCUT2D eigenvalue weighted by Gasteiger charge is -2.10. The first-order chi connectivity index (χ1) is 18.3. The van der Waals surface area contributed by atoms with E-state index in [0.717, 1.165) is 48.3 Å². The minimum absolute atomic E-state index is 0.649. The smallest absolute Gasteiger partial charge is 0.164 e. The molecule has 0 saturated heterocycles. The summed E-state index contributed by atoms with van der Waals surface area (Å²) in [5.41, 5.74) is 5.01. The van der Waals surface area contributed by atoms with Gasteiger partial charge in [0.2, 0.25) is 0 Å². The second-order valence-corrected chi connectivity index (χ2v) is 9.77. The topological polar surface area (TPSA) is 51.6 Å². The lowest BCUT2D eigenvalue weighted by Crippen LogP contribution is -2.00. The molecule has 0 unspecified atom stereocenters. The zero-order valence-electron chi connectivity index (χ0n) is 19.7. The van der Waals surface area contributed by atoms with Crippen LogP contribution in [0.3, 0.4) is 0 Å². The normalized spacial score (nSPS) is 11.2. The van der Waals surface area contributed by atoms with E-state index in [9.17, 15) is 0 Å². The van der Waals surface area contributed by atoms with E-state index in [0.29, 0.717) is 17.5 Å². The van der Waals surface area contributed by atoms with Gasteiger partial charge in [-0.25, -0.2) is 19.9 Å². The van der Waals surface area contributed by atoms with Crippen molar-refractivity contribution in [3.8, 4) is 44.7 Å². The Labute approximate surface area is 218 Å². The molecule has 0 saturated carbocycles. The fraction of sp³-hybridized carbons (Fsp3) is 0. The number of benzene rings is 5. The molecular formula is C32H20N4S. The van der Waals surface area contributed by atoms with Crippen LogP contribution in [0.5, 0.6) is 0 Å². The monoisotopic (exact) mass is 492 g/mol. The molecule has 4 nitrogen and oxygen atoms in total. The average molecular weight is 493 g/mol. The highest BCUT2D eigenvalue weighted by Crippen LogP contribution is 2.37. The Bertz CT molecular complexity index is 1810. The van der Waals surface area contributed by atoms with Crippen molar-refractivity contribution < 1.29 is 0 Å². The molecule has 0 aliphatic heterocycles. The second kappa shape index (κ2) is 9.04. The van der Waals surface area contributed by atoms with Crippen LogP contribution in [0.2, 0.25) is 0 Å². The predicted molar refractivity (Wildman–Crippen MR) is 152 cm³/mol. The first-order valence-electron chi connectivity index (χ1n) is 12.1. The van der Waals surface area contributed by atoms with E-state index < -0.39 is 0 Å². The van der Waals surface area contributed by atoms with Crippen molar-refractivity contribution in [2.24, 2.45) is 0 Å². The summed E-state index contributed by atoms with van der Waals surface area (Å²) in [7, 11) is 0. The minimum Gasteiger partial charge on any atom is -0.235 e. The maximum absolute atomic E-state index is 5.04. The van der Waals surface area contributed by atoms with Crippen molar-refractivity contribution in [1.82, 2.24) is 19.9 Å². The van der Waals surface area contributed by atoms with Gasteiger partial charge in [-0.15, -0.1) is 11.3 Å². The van der Waals surface area contributed by atoms with Crippen molar-refractivity contribution >= 4 is 32.3 Å². The number of aromatic nitrogens is 4. The maximum Gasteiger partial charge on any atom is 0.164 e. The van der Waals surface area contributed by atoms with Gasteiger partial charge in [0.1, 0.15) is 5.01 Å². The van der Waals surface area contributed by atoms with Gasteiger partial charge in [-0.05, 0) is 11.5 Å². The summed E-state index contributed by atoms with van der Waals surface area (Å²) in [4.78, 5) is 19.8. The average Bonchev–Trinajstić information content (AvgIpc) is 3.43. The number of fused-ring (bicyclic) bond motifs is 3. The van der Waals surface area contributed by atoms with Crippen LogP contribution in [0.1, 0.15) is 0 Å². The van der Waals surface area contributed by atoms with Crippen LogP contribution in [0.25, 0.3) is 65.7 Å². The van der Waals surface area contributed by atoms with Crippen LogP contribution < -0.4 is 0 Å². The van der Waals surface area contributed by atoms with Crippen molar-refractivity contribution in [1.29, 1.82) is 0 Å². The largest absolute Gasteiger partial charge is 0.235 e. The Hall–Kier alpha value is -4.74. The summed E-state index contributed by atoms with van der Waals surface area (Å²) < 4.78 is 1.16. The van der Waals surface area contributed by atoms with E-state index in [4.69, 9.17) is 19.9 Å². The third kappa shape index (κ3) is 3.96. The van der Waals surface area contributed by atoms with Crippen LogP contribution >= 0.6 is 11.3 Å². The van der Waals surface area contributed by atoms with Crippen molar-refractivity contribution in [3.05, 3.63) is 121 Å². The van der Waals surface area contributed by atoms with E-state index in [1.165, 1.54) is 0 Å². The van der Waals surface area contributed by atoms with E-state index >= 15 is 0 Å². The third-order valence-electron chi connectivity index (χ3n) is 6.38. The number of nitrogens with zero attached hydrogens (tertiary/aromatic N) is 4. The summed E-state index contributed by atoms with van der Waals surface area (Å²) in [6, 6.07) is 41.0. The predicted octanol–water partition coefficient (Wildman–Crippen LogP) is 8.30. The Morgan fingerprint density at radius 2 is 0.973 bits per heavy atom. The fourth-order valence-corrected chi connectivity index (χ4v) is 5.56. The van der Waals surface area contributed by atoms with Gasteiger partial charge in [-0.3, -0.25) is 0 Å². The minimum atomic E-state index is 0.649. The quantitative estimate of drug-likeness (QED) is 0.248. The standard InChI is InChI=1S/C32H20N4S/c1-4-11-21(12-5-1)29-34-30(22-13-6-2-7-14-22)36-31(35-29)26-18-10-17-25-24(26)19-20-27-28(25)33-32(37-27)23-15-8-3-9-16-23/h1-20H. The maximum atomic E-state index is 5.04.